The number of anilines is 2. The van der Waals surface area contributed by atoms with Gasteiger partial charge in [0.1, 0.15) is 0 Å². The second kappa shape index (κ2) is 5.74. The van der Waals surface area contributed by atoms with Crippen molar-refractivity contribution in [2.24, 2.45) is 0 Å². The fraction of sp³-hybridized carbons (Fsp3) is 0.263. The molecule has 24 heavy (non-hydrogen) atoms. The average molecular weight is 385 g/mol. The summed E-state index contributed by atoms with van der Waals surface area (Å²) in [6.07, 6.45) is 1.91. The molecule has 122 valence electrons. The van der Waals surface area contributed by atoms with Crippen LogP contribution in [0.2, 0.25) is 0 Å². The van der Waals surface area contributed by atoms with Gasteiger partial charge in [-0.25, -0.2) is 0 Å². The fourth-order valence-corrected chi connectivity index (χ4v) is 4.08. The Hall–Kier alpha value is -2.14. The molecule has 0 spiro atoms. The standard InChI is InChI=1S/C19H17BrN2O2/c1-11-15-10-13(21-18(23)14-6-2-3-7-16(14)20)9-12-5-4-8-22(17(12)15)19(11)24/h2-3,6-7,9-11H,4-5,8H2,1H3,(H,21,23)/t11-/m1/s1. The van der Waals surface area contributed by atoms with E-state index in [2.05, 4.69) is 21.2 Å². The number of amides is 2. The van der Waals surface area contributed by atoms with Crippen molar-refractivity contribution < 1.29 is 9.59 Å². The molecule has 2 heterocycles. The van der Waals surface area contributed by atoms with E-state index in [1.165, 1.54) is 0 Å². The van der Waals surface area contributed by atoms with Crippen LogP contribution in [0.1, 0.15) is 40.7 Å². The van der Waals surface area contributed by atoms with Crippen LogP contribution < -0.4 is 10.2 Å². The highest BCUT2D eigenvalue weighted by molar-refractivity contribution is 9.10. The molecule has 2 aliphatic heterocycles. The van der Waals surface area contributed by atoms with Crippen LogP contribution in [0.15, 0.2) is 40.9 Å². The van der Waals surface area contributed by atoms with E-state index in [9.17, 15) is 9.59 Å². The highest BCUT2D eigenvalue weighted by Gasteiger charge is 2.37. The Morgan fingerprint density at radius 2 is 2.08 bits per heavy atom. The smallest absolute Gasteiger partial charge is 0.256 e. The van der Waals surface area contributed by atoms with E-state index in [-0.39, 0.29) is 17.7 Å². The predicted octanol–water partition coefficient (Wildman–Crippen LogP) is 4.10. The topological polar surface area (TPSA) is 49.4 Å². The third-order valence-electron chi connectivity index (χ3n) is 4.80. The van der Waals surface area contributed by atoms with E-state index in [0.29, 0.717) is 5.56 Å². The maximum atomic E-state index is 12.5. The summed E-state index contributed by atoms with van der Waals surface area (Å²) in [7, 11) is 0. The van der Waals surface area contributed by atoms with Crippen molar-refractivity contribution in [3.63, 3.8) is 0 Å². The molecule has 1 atom stereocenters. The van der Waals surface area contributed by atoms with Gasteiger partial charge in [0, 0.05) is 16.7 Å². The number of hydrogen-bond acceptors (Lipinski definition) is 2. The van der Waals surface area contributed by atoms with Crippen LogP contribution in [0.3, 0.4) is 0 Å². The van der Waals surface area contributed by atoms with Crippen molar-refractivity contribution >= 4 is 39.1 Å². The first kappa shape index (κ1) is 15.4. The highest BCUT2D eigenvalue weighted by Crippen LogP contribution is 2.44. The molecule has 2 aromatic rings. The highest BCUT2D eigenvalue weighted by atomic mass is 79.9. The van der Waals surface area contributed by atoms with Crippen molar-refractivity contribution in [3.05, 3.63) is 57.6 Å². The number of rotatable bonds is 2. The predicted molar refractivity (Wildman–Crippen MR) is 97.6 cm³/mol. The molecule has 0 fully saturated rings. The van der Waals surface area contributed by atoms with E-state index in [1.807, 2.05) is 42.2 Å². The molecule has 0 radical (unpaired) electrons. The van der Waals surface area contributed by atoms with Gasteiger partial charge >= 0.3 is 0 Å². The Morgan fingerprint density at radius 3 is 2.88 bits per heavy atom. The van der Waals surface area contributed by atoms with E-state index in [4.69, 9.17) is 0 Å². The Bertz CT molecular complexity index is 862. The first-order chi connectivity index (χ1) is 11.6. The van der Waals surface area contributed by atoms with Crippen LogP contribution in [0.4, 0.5) is 11.4 Å². The minimum Gasteiger partial charge on any atom is -0.322 e. The summed E-state index contributed by atoms with van der Waals surface area (Å²) in [5.74, 6) is -0.128. The van der Waals surface area contributed by atoms with Gasteiger partial charge in [-0.1, -0.05) is 12.1 Å². The van der Waals surface area contributed by atoms with Crippen LogP contribution in [0.25, 0.3) is 0 Å². The number of nitrogens with zero attached hydrogens (tertiary/aromatic N) is 1. The van der Waals surface area contributed by atoms with E-state index < -0.39 is 0 Å². The molecule has 2 aromatic carbocycles. The third kappa shape index (κ3) is 2.35. The maximum absolute atomic E-state index is 12.5. The summed E-state index contributed by atoms with van der Waals surface area (Å²) in [5.41, 5.74) is 4.60. The molecule has 0 unspecified atom stereocenters. The quantitative estimate of drug-likeness (QED) is 0.847. The molecule has 0 saturated carbocycles. The average Bonchev–Trinajstić information content (AvgIpc) is 2.82. The van der Waals surface area contributed by atoms with Gasteiger partial charge in [0.15, 0.2) is 0 Å². The minimum atomic E-state index is -0.153. The van der Waals surface area contributed by atoms with Crippen LogP contribution in [0.5, 0.6) is 0 Å². The van der Waals surface area contributed by atoms with E-state index >= 15 is 0 Å². The number of halogens is 1. The van der Waals surface area contributed by atoms with Gasteiger partial charge in [-0.05, 0) is 71.1 Å². The third-order valence-corrected chi connectivity index (χ3v) is 5.49. The zero-order valence-electron chi connectivity index (χ0n) is 13.3. The second-order valence-electron chi connectivity index (χ2n) is 6.32. The molecule has 1 N–H and O–H groups in total. The number of benzene rings is 2. The lowest BCUT2D eigenvalue weighted by Crippen LogP contribution is -2.32. The minimum absolute atomic E-state index is 0.142. The Morgan fingerprint density at radius 1 is 1.29 bits per heavy atom. The Labute approximate surface area is 149 Å². The normalized spacial score (nSPS) is 18.5. The zero-order chi connectivity index (χ0) is 16.8. The number of carbonyl (C=O) groups is 2. The van der Waals surface area contributed by atoms with Gasteiger partial charge in [-0.15, -0.1) is 0 Å². The van der Waals surface area contributed by atoms with Crippen molar-refractivity contribution in [2.45, 2.75) is 25.7 Å². The molecular weight excluding hydrogens is 368 g/mol. The summed E-state index contributed by atoms with van der Waals surface area (Å²) < 4.78 is 0.764. The van der Waals surface area contributed by atoms with Gasteiger partial charge in [0.05, 0.1) is 17.2 Å². The molecule has 2 aliphatic rings. The molecule has 4 nitrogen and oxygen atoms in total. The Balaban J connectivity index is 1.70. The molecular formula is C19H17BrN2O2. The van der Waals surface area contributed by atoms with Crippen molar-refractivity contribution in [3.8, 4) is 0 Å². The molecule has 0 aromatic heterocycles. The van der Waals surface area contributed by atoms with Crippen LogP contribution >= 0.6 is 15.9 Å². The molecule has 0 bridgehead atoms. The lowest BCUT2D eigenvalue weighted by atomic mass is 9.96. The summed E-state index contributed by atoms with van der Waals surface area (Å²) in [5, 5.41) is 2.98. The van der Waals surface area contributed by atoms with Crippen LogP contribution in [0, 0.1) is 0 Å². The number of nitrogens with one attached hydrogen (secondary N) is 1. The molecule has 4 rings (SSSR count). The Kier molecular flexibility index (Phi) is 3.68. The molecule has 2 amide bonds. The summed E-state index contributed by atoms with van der Waals surface area (Å²) in [6, 6.07) is 11.3. The van der Waals surface area contributed by atoms with E-state index in [1.54, 1.807) is 6.07 Å². The summed E-state index contributed by atoms with van der Waals surface area (Å²) in [4.78, 5) is 26.9. The van der Waals surface area contributed by atoms with Crippen molar-refractivity contribution in [2.75, 3.05) is 16.8 Å². The lowest BCUT2D eigenvalue weighted by molar-refractivity contribution is -0.119. The van der Waals surface area contributed by atoms with Crippen LogP contribution in [-0.2, 0) is 11.2 Å². The van der Waals surface area contributed by atoms with Gasteiger partial charge in [-0.2, -0.15) is 0 Å². The number of aryl methyl sites for hydroxylation is 1. The maximum Gasteiger partial charge on any atom is 0.256 e. The first-order valence-corrected chi connectivity index (χ1v) is 8.89. The van der Waals surface area contributed by atoms with Gasteiger partial charge in [-0.3, -0.25) is 9.59 Å². The molecule has 0 saturated heterocycles. The number of carbonyl (C=O) groups excluding carboxylic acids is 2. The number of hydrogen-bond donors (Lipinski definition) is 1. The van der Waals surface area contributed by atoms with Crippen molar-refractivity contribution in [1.82, 2.24) is 0 Å². The van der Waals surface area contributed by atoms with Gasteiger partial charge in [0.2, 0.25) is 5.91 Å². The zero-order valence-corrected chi connectivity index (χ0v) is 14.9. The summed E-state index contributed by atoms with van der Waals surface area (Å²) >= 11 is 3.41. The monoisotopic (exact) mass is 384 g/mol. The van der Waals surface area contributed by atoms with Crippen molar-refractivity contribution in [1.29, 1.82) is 0 Å². The summed E-state index contributed by atoms with van der Waals surface area (Å²) in [6.45, 7) is 2.74. The first-order valence-electron chi connectivity index (χ1n) is 8.10. The van der Waals surface area contributed by atoms with Gasteiger partial charge < -0.3 is 10.2 Å². The molecule has 0 aliphatic carbocycles. The fourth-order valence-electron chi connectivity index (χ4n) is 3.61. The second-order valence-corrected chi connectivity index (χ2v) is 7.18. The largest absolute Gasteiger partial charge is 0.322 e. The van der Waals surface area contributed by atoms with E-state index in [0.717, 1.165) is 46.4 Å². The lowest BCUT2D eigenvalue weighted by Gasteiger charge is -2.26. The molecule has 5 heteroatoms. The van der Waals surface area contributed by atoms with Gasteiger partial charge in [0.25, 0.3) is 5.91 Å². The SMILES string of the molecule is C[C@H]1C(=O)N2CCCc3cc(NC(=O)c4ccccc4Br)cc1c32. The van der Waals surface area contributed by atoms with Crippen LogP contribution in [-0.4, -0.2) is 18.4 Å².